The highest BCUT2D eigenvalue weighted by molar-refractivity contribution is 7.89. The molecule has 1 heterocycles. The summed E-state index contributed by atoms with van der Waals surface area (Å²) < 4.78 is 32.0. The van der Waals surface area contributed by atoms with Crippen LogP contribution >= 0.6 is 0 Å². The Bertz CT molecular complexity index is 743. The van der Waals surface area contributed by atoms with E-state index < -0.39 is 15.9 Å². The third-order valence-electron chi connectivity index (χ3n) is 3.80. The van der Waals surface area contributed by atoms with Gasteiger partial charge >= 0.3 is 0 Å². The van der Waals surface area contributed by atoms with E-state index in [9.17, 15) is 18.0 Å². The van der Waals surface area contributed by atoms with E-state index in [1.165, 1.54) is 34.5 Å². The molecule has 0 saturated carbocycles. The zero-order chi connectivity index (χ0) is 17.9. The Kier molecular flexibility index (Phi) is 5.45. The number of rotatable bonds is 6. The van der Waals surface area contributed by atoms with E-state index in [0.717, 1.165) is 0 Å². The van der Waals surface area contributed by atoms with Gasteiger partial charge in [-0.1, -0.05) is 13.8 Å². The lowest BCUT2D eigenvalue weighted by atomic mass is 10.2. The minimum absolute atomic E-state index is 0.0603. The molecule has 2 rings (SSSR count). The number of ether oxygens (including phenoxy) is 1. The average Bonchev–Trinajstić information content (AvgIpc) is 2.57. The van der Waals surface area contributed by atoms with E-state index in [2.05, 4.69) is 5.32 Å². The van der Waals surface area contributed by atoms with Crippen LogP contribution < -0.4 is 15.0 Å². The van der Waals surface area contributed by atoms with Crippen molar-refractivity contribution in [3.8, 4) is 5.75 Å². The van der Waals surface area contributed by atoms with Crippen LogP contribution in [-0.2, 0) is 19.6 Å². The van der Waals surface area contributed by atoms with Gasteiger partial charge in [-0.05, 0) is 18.2 Å². The lowest BCUT2D eigenvalue weighted by Crippen LogP contribution is -2.44. The Morgan fingerprint density at radius 1 is 1.33 bits per heavy atom. The van der Waals surface area contributed by atoms with E-state index in [1.807, 2.05) is 0 Å². The van der Waals surface area contributed by atoms with E-state index >= 15 is 0 Å². The molecule has 0 fully saturated rings. The summed E-state index contributed by atoms with van der Waals surface area (Å²) in [6, 6.07) is 4.33. The van der Waals surface area contributed by atoms with Crippen LogP contribution in [0, 0.1) is 0 Å². The first kappa shape index (κ1) is 18.2. The number of sulfonamides is 1. The van der Waals surface area contributed by atoms with Gasteiger partial charge in [0.1, 0.15) is 12.3 Å². The molecule has 1 aliphatic rings. The molecule has 1 N–H and O–H groups in total. The number of amides is 2. The van der Waals surface area contributed by atoms with Crippen LogP contribution in [0.2, 0.25) is 0 Å². The number of anilines is 1. The smallest absolute Gasteiger partial charge is 0.265 e. The maximum absolute atomic E-state index is 12.6. The number of likely N-dealkylation sites (N-methyl/N-ethyl adjacent to an activating group) is 1. The molecule has 8 nitrogen and oxygen atoms in total. The van der Waals surface area contributed by atoms with Gasteiger partial charge in [0.2, 0.25) is 15.9 Å². The lowest BCUT2D eigenvalue weighted by molar-refractivity contribution is -0.125. The number of benzene rings is 1. The van der Waals surface area contributed by atoms with Gasteiger partial charge in [-0.25, -0.2) is 8.42 Å². The van der Waals surface area contributed by atoms with Crippen molar-refractivity contribution in [3.63, 3.8) is 0 Å². The summed E-state index contributed by atoms with van der Waals surface area (Å²) in [6.45, 7) is 3.81. The van der Waals surface area contributed by atoms with Crippen LogP contribution in [0.3, 0.4) is 0 Å². The van der Waals surface area contributed by atoms with Crippen LogP contribution in [0.5, 0.6) is 5.75 Å². The monoisotopic (exact) mass is 355 g/mol. The number of carbonyl (C=O) groups excluding carboxylic acids is 2. The standard InChI is InChI=1S/C15H21N3O5S/c1-4-17(5-2)24(21,22)11-6-7-13-12(8-11)18(9-14(19)16-3)15(20)10-23-13/h6-8H,4-5,9-10H2,1-3H3,(H,16,19). The average molecular weight is 355 g/mol. The van der Waals surface area contributed by atoms with E-state index in [1.54, 1.807) is 13.8 Å². The molecule has 1 aliphatic heterocycles. The minimum Gasteiger partial charge on any atom is -0.482 e. The topological polar surface area (TPSA) is 96.0 Å². The molecule has 0 unspecified atom stereocenters. The van der Waals surface area contributed by atoms with Gasteiger partial charge < -0.3 is 10.1 Å². The normalized spacial score (nSPS) is 14.3. The Morgan fingerprint density at radius 2 is 2.00 bits per heavy atom. The zero-order valence-electron chi connectivity index (χ0n) is 13.9. The predicted molar refractivity (Wildman–Crippen MR) is 88.5 cm³/mol. The predicted octanol–water partition coefficient (Wildman–Crippen LogP) is 0.189. The summed E-state index contributed by atoms with van der Waals surface area (Å²) >= 11 is 0. The van der Waals surface area contributed by atoms with Crippen molar-refractivity contribution in [3.05, 3.63) is 18.2 Å². The van der Waals surface area contributed by atoms with Crippen molar-refractivity contribution in [2.75, 3.05) is 38.2 Å². The zero-order valence-corrected chi connectivity index (χ0v) is 14.7. The van der Waals surface area contributed by atoms with Gasteiger partial charge in [-0.15, -0.1) is 0 Å². The number of nitrogens with one attached hydrogen (secondary N) is 1. The highest BCUT2D eigenvalue weighted by Crippen LogP contribution is 2.34. The third-order valence-corrected chi connectivity index (χ3v) is 5.84. The SMILES string of the molecule is CCN(CC)S(=O)(=O)c1ccc2c(c1)N(CC(=O)NC)C(=O)CO2. The van der Waals surface area contributed by atoms with Gasteiger partial charge in [0, 0.05) is 20.1 Å². The molecule has 1 aromatic carbocycles. The first-order valence-electron chi connectivity index (χ1n) is 7.63. The molecule has 0 atom stereocenters. The highest BCUT2D eigenvalue weighted by Gasteiger charge is 2.30. The second-order valence-electron chi connectivity index (χ2n) is 5.16. The molecule has 2 amide bonds. The van der Waals surface area contributed by atoms with Crippen molar-refractivity contribution in [2.24, 2.45) is 0 Å². The van der Waals surface area contributed by atoms with Crippen LogP contribution in [0.4, 0.5) is 5.69 Å². The fourth-order valence-corrected chi connectivity index (χ4v) is 3.93. The van der Waals surface area contributed by atoms with Gasteiger partial charge in [-0.2, -0.15) is 4.31 Å². The highest BCUT2D eigenvalue weighted by atomic mass is 32.2. The maximum atomic E-state index is 12.6. The molecule has 0 radical (unpaired) electrons. The summed E-state index contributed by atoms with van der Waals surface area (Å²) in [5, 5.41) is 2.44. The van der Waals surface area contributed by atoms with Crippen molar-refractivity contribution in [1.82, 2.24) is 9.62 Å². The van der Waals surface area contributed by atoms with E-state index in [4.69, 9.17) is 4.74 Å². The molecule has 0 saturated heterocycles. The molecule has 24 heavy (non-hydrogen) atoms. The lowest BCUT2D eigenvalue weighted by Gasteiger charge is -2.29. The van der Waals surface area contributed by atoms with Crippen LogP contribution in [0.25, 0.3) is 0 Å². The fourth-order valence-electron chi connectivity index (χ4n) is 2.45. The Hall–Kier alpha value is -2.13. The molecular formula is C15H21N3O5S. The fraction of sp³-hybridized carbons (Fsp3) is 0.467. The minimum atomic E-state index is -3.67. The molecule has 0 bridgehead atoms. The number of carbonyl (C=O) groups is 2. The van der Waals surface area contributed by atoms with Crippen molar-refractivity contribution in [1.29, 1.82) is 0 Å². The van der Waals surface area contributed by atoms with Gasteiger partial charge in [0.25, 0.3) is 5.91 Å². The third kappa shape index (κ3) is 3.36. The summed E-state index contributed by atoms with van der Waals surface area (Å²) in [4.78, 5) is 25.0. The van der Waals surface area contributed by atoms with Crippen LogP contribution in [0.1, 0.15) is 13.8 Å². The second-order valence-corrected chi connectivity index (χ2v) is 7.10. The largest absolute Gasteiger partial charge is 0.482 e. The van der Waals surface area contributed by atoms with Crippen molar-refractivity contribution in [2.45, 2.75) is 18.7 Å². The first-order chi connectivity index (χ1) is 11.3. The maximum Gasteiger partial charge on any atom is 0.265 e. The van der Waals surface area contributed by atoms with Gasteiger partial charge in [0.15, 0.2) is 6.61 Å². The Morgan fingerprint density at radius 3 is 2.58 bits per heavy atom. The molecule has 0 aromatic heterocycles. The van der Waals surface area contributed by atoms with Crippen LogP contribution in [0.15, 0.2) is 23.1 Å². The molecule has 132 valence electrons. The summed E-state index contributed by atoms with van der Waals surface area (Å²) in [6.07, 6.45) is 0. The molecule has 0 spiro atoms. The molecule has 9 heteroatoms. The summed E-state index contributed by atoms with van der Waals surface area (Å²) in [7, 11) is -2.20. The van der Waals surface area contributed by atoms with Crippen molar-refractivity contribution < 1.29 is 22.7 Å². The Labute approximate surface area is 141 Å². The van der Waals surface area contributed by atoms with E-state index in [-0.39, 0.29) is 29.6 Å². The van der Waals surface area contributed by atoms with Gasteiger partial charge in [0.05, 0.1) is 10.6 Å². The first-order valence-corrected chi connectivity index (χ1v) is 9.07. The number of hydrogen-bond acceptors (Lipinski definition) is 5. The van der Waals surface area contributed by atoms with Crippen LogP contribution in [-0.4, -0.2) is 57.8 Å². The second kappa shape index (κ2) is 7.18. The van der Waals surface area contributed by atoms with Gasteiger partial charge in [-0.3, -0.25) is 14.5 Å². The number of fused-ring (bicyclic) bond motifs is 1. The van der Waals surface area contributed by atoms with E-state index in [0.29, 0.717) is 18.8 Å². The molecular weight excluding hydrogens is 334 g/mol. The number of nitrogens with zero attached hydrogens (tertiary/aromatic N) is 2. The molecule has 0 aliphatic carbocycles. The Balaban J connectivity index is 2.48. The molecule has 1 aromatic rings. The van der Waals surface area contributed by atoms with Crippen molar-refractivity contribution >= 4 is 27.5 Å². The summed E-state index contributed by atoms with van der Waals surface area (Å²) in [5.41, 5.74) is 0.281. The summed E-state index contributed by atoms with van der Waals surface area (Å²) in [5.74, 6) is -0.381. The number of hydrogen-bond donors (Lipinski definition) is 1. The quantitative estimate of drug-likeness (QED) is 0.786.